The Morgan fingerprint density at radius 3 is 2.67 bits per heavy atom. The highest BCUT2D eigenvalue weighted by molar-refractivity contribution is 8.02. The first-order valence-corrected chi connectivity index (χ1v) is 8.08. The topological polar surface area (TPSA) is 84.3 Å². The van der Waals surface area contributed by atoms with Gasteiger partial charge in [0, 0.05) is 17.0 Å². The molecule has 0 bridgehead atoms. The van der Waals surface area contributed by atoms with Crippen LogP contribution in [-0.4, -0.2) is 31.6 Å². The van der Waals surface area contributed by atoms with E-state index in [2.05, 4.69) is 20.4 Å². The molecule has 128 valence electrons. The lowest BCUT2D eigenvalue weighted by Gasteiger charge is -2.09. The van der Waals surface area contributed by atoms with Gasteiger partial charge in [0.05, 0.1) is 18.6 Å². The van der Waals surface area contributed by atoms with E-state index in [9.17, 15) is 4.79 Å². The molecule has 0 radical (unpaired) electrons. The molecule has 1 heterocycles. The number of aliphatic imine (C=N–C) groups is 1. The number of nitrogens with zero attached hydrogens (tertiary/aromatic N) is 2. The lowest BCUT2D eigenvalue weighted by atomic mass is 10.0. The molecule has 1 aliphatic heterocycles. The van der Waals surface area contributed by atoms with E-state index >= 15 is 0 Å². The summed E-state index contributed by atoms with van der Waals surface area (Å²) in [5, 5.41) is 3.80. The summed E-state index contributed by atoms with van der Waals surface area (Å²) in [6.45, 7) is 4.35. The van der Waals surface area contributed by atoms with Gasteiger partial charge >= 0.3 is 5.97 Å². The molecule has 1 aliphatic rings. The molecule has 8 heteroatoms. The number of hydrogen-bond donors (Lipinski definition) is 2. The zero-order valence-corrected chi connectivity index (χ0v) is 14.9. The van der Waals surface area contributed by atoms with E-state index in [0.717, 1.165) is 21.9 Å². The number of allylic oxidation sites excluding steroid dienone is 2. The summed E-state index contributed by atoms with van der Waals surface area (Å²) in [7, 11) is 2.70. The maximum atomic E-state index is 11.9. The van der Waals surface area contributed by atoms with Gasteiger partial charge in [0.25, 0.3) is 0 Å². The molecule has 0 fully saturated rings. The molecule has 7 nitrogen and oxygen atoms in total. The molecular formula is C16H20N4O3S. The third-order valence-corrected chi connectivity index (χ3v) is 4.39. The van der Waals surface area contributed by atoms with Gasteiger partial charge in [-0.1, -0.05) is 29.4 Å². The minimum Gasteiger partial charge on any atom is -0.464 e. The van der Waals surface area contributed by atoms with Gasteiger partial charge in [0.2, 0.25) is 0 Å². The molecule has 0 spiro atoms. The molecule has 0 unspecified atom stereocenters. The zero-order chi connectivity index (χ0) is 17.5. The van der Waals surface area contributed by atoms with Gasteiger partial charge in [-0.15, -0.1) is 0 Å². The van der Waals surface area contributed by atoms with Gasteiger partial charge in [-0.3, -0.25) is 4.99 Å². The van der Waals surface area contributed by atoms with Crippen molar-refractivity contribution in [2.75, 3.05) is 14.2 Å². The van der Waals surface area contributed by atoms with Gasteiger partial charge in [-0.2, -0.15) is 4.83 Å². The minimum atomic E-state index is -0.552. The number of nitrogens with one attached hydrogen (secondary N) is 2. The SMILES string of the molecule is CO/N=C(/C(=O)OC)c1ccccc1CN=C(C)C1=C(C)NNS1. The highest BCUT2D eigenvalue weighted by Gasteiger charge is 2.19. The van der Waals surface area contributed by atoms with Crippen molar-refractivity contribution in [3.8, 4) is 0 Å². The summed E-state index contributed by atoms with van der Waals surface area (Å²) in [5.74, 6) is -0.552. The van der Waals surface area contributed by atoms with Crippen LogP contribution in [0.5, 0.6) is 0 Å². The number of hydrazine groups is 1. The number of carbonyl (C=O) groups is 1. The van der Waals surface area contributed by atoms with Crippen LogP contribution >= 0.6 is 11.9 Å². The van der Waals surface area contributed by atoms with E-state index in [4.69, 9.17) is 9.57 Å². The highest BCUT2D eigenvalue weighted by atomic mass is 32.2. The van der Waals surface area contributed by atoms with E-state index in [1.807, 2.05) is 32.0 Å². The number of hydrogen-bond acceptors (Lipinski definition) is 8. The standard InChI is InChI=1S/C16H20N4O3S/c1-10(15-11(2)18-20-24-15)17-9-12-7-5-6-8-13(12)14(19-23-4)16(21)22-3/h5-8,18,20H,9H2,1-4H3/b17-10?,19-14+. The predicted molar refractivity (Wildman–Crippen MR) is 95.4 cm³/mol. The molecule has 0 aromatic heterocycles. The second-order valence-corrected chi connectivity index (χ2v) is 5.77. The molecule has 0 atom stereocenters. The van der Waals surface area contributed by atoms with Crippen LogP contribution in [0.15, 0.2) is 45.0 Å². The van der Waals surface area contributed by atoms with Crippen molar-refractivity contribution >= 4 is 29.3 Å². The maximum Gasteiger partial charge on any atom is 0.360 e. The van der Waals surface area contributed by atoms with Crippen LogP contribution in [0.3, 0.4) is 0 Å². The molecule has 24 heavy (non-hydrogen) atoms. The summed E-state index contributed by atoms with van der Waals surface area (Å²) in [6.07, 6.45) is 0. The largest absolute Gasteiger partial charge is 0.464 e. The van der Waals surface area contributed by atoms with Crippen LogP contribution in [-0.2, 0) is 20.9 Å². The highest BCUT2D eigenvalue weighted by Crippen LogP contribution is 2.22. The quantitative estimate of drug-likeness (QED) is 0.355. The Balaban J connectivity index is 2.30. The predicted octanol–water partition coefficient (Wildman–Crippen LogP) is 2.16. The van der Waals surface area contributed by atoms with Crippen molar-refractivity contribution in [2.24, 2.45) is 10.1 Å². The number of benzene rings is 1. The second kappa shape index (κ2) is 8.51. The molecule has 0 amide bonds. The number of rotatable bonds is 6. The van der Waals surface area contributed by atoms with Crippen molar-refractivity contribution in [2.45, 2.75) is 20.4 Å². The number of ether oxygens (including phenoxy) is 1. The Bertz CT molecular complexity index is 713. The normalized spacial score (nSPS) is 15.3. The first kappa shape index (κ1) is 18.0. The summed E-state index contributed by atoms with van der Waals surface area (Å²) < 4.78 is 4.78. The van der Waals surface area contributed by atoms with E-state index < -0.39 is 5.97 Å². The second-order valence-electron chi connectivity index (χ2n) is 4.96. The monoisotopic (exact) mass is 348 g/mol. The smallest absolute Gasteiger partial charge is 0.360 e. The average molecular weight is 348 g/mol. The van der Waals surface area contributed by atoms with E-state index in [1.165, 1.54) is 26.2 Å². The summed E-state index contributed by atoms with van der Waals surface area (Å²) in [4.78, 5) is 25.4. The van der Waals surface area contributed by atoms with Gasteiger partial charge in [-0.25, -0.2) is 4.79 Å². The van der Waals surface area contributed by atoms with Crippen LogP contribution < -0.4 is 10.3 Å². The average Bonchev–Trinajstić information content (AvgIpc) is 3.03. The molecule has 1 aromatic rings. The van der Waals surface area contributed by atoms with Crippen molar-refractivity contribution in [1.29, 1.82) is 0 Å². The summed E-state index contributed by atoms with van der Waals surface area (Å²) >= 11 is 1.49. The molecule has 1 aromatic carbocycles. The van der Waals surface area contributed by atoms with Crippen LogP contribution in [0.1, 0.15) is 25.0 Å². The van der Waals surface area contributed by atoms with Gasteiger partial charge in [0.15, 0.2) is 5.71 Å². The van der Waals surface area contributed by atoms with Crippen molar-refractivity contribution in [3.63, 3.8) is 0 Å². The summed E-state index contributed by atoms with van der Waals surface area (Å²) in [6, 6.07) is 7.42. The Hall–Kier alpha value is -2.32. The summed E-state index contributed by atoms with van der Waals surface area (Å²) in [5.41, 5.74) is 6.60. The number of carbonyl (C=O) groups excluding carboxylic acids is 1. The first-order chi connectivity index (χ1) is 11.6. The number of methoxy groups -OCH3 is 1. The fourth-order valence-electron chi connectivity index (χ4n) is 2.18. The van der Waals surface area contributed by atoms with Crippen LogP contribution in [0.4, 0.5) is 0 Å². The van der Waals surface area contributed by atoms with Gasteiger partial charge < -0.3 is 15.0 Å². The fraction of sp³-hybridized carbons (Fsp3) is 0.312. The lowest BCUT2D eigenvalue weighted by molar-refractivity contribution is -0.132. The van der Waals surface area contributed by atoms with E-state index in [-0.39, 0.29) is 5.71 Å². The molecule has 0 saturated carbocycles. The molecule has 2 rings (SSSR count). The lowest BCUT2D eigenvalue weighted by Crippen LogP contribution is -2.19. The van der Waals surface area contributed by atoms with Gasteiger partial charge in [0.1, 0.15) is 7.11 Å². The third-order valence-electron chi connectivity index (χ3n) is 3.38. The molecule has 0 saturated heterocycles. The van der Waals surface area contributed by atoms with Gasteiger partial charge in [-0.05, 0) is 31.4 Å². The molecule has 0 aliphatic carbocycles. The Morgan fingerprint density at radius 2 is 2.04 bits per heavy atom. The zero-order valence-electron chi connectivity index (χ0n) is 14.0. The Morgan fingerprint density at radius 1 is 1.29 bits per heavy atom. The molecule has 2 N–H and O–H groups in total. The van der Waals surface area contributed by atoms with Crippen LogP contribution in [0.2, 0.25) is 0 Å². The first-order valence-electron chi connectivity index (χ1n) is 7.26. The number of oxime groups is 1. The fourth-order valence-corrected chi connectivity index (χ4v) is 2.90. The molecular weight excluding hydrogens is 328 g/mol. The van der Waals surface area contributed by atoms with Crippen molar-refractivity contribution < 1.29 is 14.4 Å². The van der Waals surface area contributed by atoms with Crippen molar-refractivity contribution in [3.05, 3.63) is 46.0 Å². The third kappa shape index (κ3) is 4.15. The minimum absolute atomic E-state index is 0.123. The Labute approximate surface area is 145 Å². The Kier molecular flexibility index (Phi) is 6.39. The van der Waals surface area contributed by atoms with Crippen LogP contribution in [0.25, 0.3) is 0 Å². The number of esters is 1. The van der Waals surface area contributed by atoms with Crippen LogP contribution in [0, 0.1) is 0 Å². The van der Waals surface area contributed by atoms with E-state index in [0.29, 0.717) is 12.1 Å². The van der Waals surface area contributed by atoms with Crippen molar-refractivity contribution in [1.82, 2.24) is 10.3 Å². The van der Waals surface area contributed by atoms with E-state index in [1.54, 1.807) is 6.07 Å². The maximum absolute atomic E-state index is 11.9.